The Labute approximate surface area is 170 Å². The van der Waals surface area contributed by atoms with Crippen molar-refractivity contribution in [1.82, 2.24) is 20.1 Å². The van der Waals surface area contributed by atoms with Crippen LogP contribution in [-0.4, -0.2) is 33.3 Å². The maximum absolute atomic E-state index is 12.6. The van der Waals surface area contributed by atoms with Crippen LogP contribution in [0.2, 0.25) is 5.02 Å². The van der Waals surface area contributed by atoms with Crippen molar-refractivity contribution in [3.63, 3.8) is 0 Å². The van der Waals surface area contributed by atoms with E-state index in [2.05, 4.69) is 39.2 Å². The maximum Gasteiger partial charge on any atom is 0.225 e. The first-order valence-electron chi connectivity index (χ1n) is 10.1. The van der Waals surface area contributed by atoms with Crippen LogP contribution in [0.3, 0.4) is 0 Å². The van der Waals surface area contributed by atoms with Crippen LogP contribution in [-0.2, 0) is 17.8 Å². The quantitative estimate of drug-likeness (QED) is 0.825. The number of hydrogen-bond donors (Lipinski definition) is 2. The summed E-state index contributed by atoms with van der Waals surface area (Å²) in [7, 11) is 0. The Morgan fingerprint density at radius 1 is 1.36 bits per heavy atom. The lowest BCUT2D eigenvalue weighted by Gasteiger charge is -2.22. The van der Waals surface area contributed by atoms with E-state index in [1.165, 1.54) is 12.1 Å². The van der Waals surface area contributed by atoms with E-state index in [4.69, 9.17) is 11.6 Å². The SMILES string of the molecule is CC1(C)Cc2c(-c3cc(NC(=O)CC4CC5CNC4C5)ncc3Cl)cnn2C1. The van der Waals surface area contributed by atoms with Gasteiger partial charge in [0.15, 0.2) is 0 Å². The van der Waals surface area contributed by atoms with Gasteiger partial charge in [-0.15, -0.1) is 0 Å². The average molecular weight is 400 g/mol. The van der Waals surface area contributed by atoms with Gasteiger partial charge in [-0.1, -0.05) is 25.4 Å². The lowest BCUT2D eigenvalue weighted by Crippen LogP contribution is -2.34. The zero-order valence-electron chi connectivity index (χ0n) is 16.3. The monoisotopic (exact) mass is 399 g/mol. The maximum atomic E-state index is 12.6. The van der Waals surface area contributed by atoms with Crippen LogP contribution in [0.15, 0.2) is 18.5 Å². The predicted octanol–water partition coefficient (Wildman–Crippen LogP) is 3.51. The van der Waals surface area contributed by atoms with Crippen LogP contribution >= 0.6 is 11.6 Å². The molecule has 1 saturated heterocycles. The summed E-state index contributed by atoms with van der Waals surface area (Å²) in [5.41, 5.74) is 3.31. The summed E-state index contributed by atoms with van der Waals surface area (Å²) in [6, 6.07) is 2.38. The predicted molar refractivity (Wildman–Crippen MR) is 109 cm³/mol. The van der Waals surface area contributed by atoms with Gasteiger partial charge in [-0.2, -0.15) is 5.10 Å². The van der Waals surface area contributed by atoms with Gasteiger partial charge in [0.1, 0.15) is 5.82 Å². The highest BCUT2D eigenvalue weighted by Gasteiger charge is 2.40. The summed E-state index contributed by atoms with van der Waals surface area (Å²) >= 11 is 6.46. The molecular weight excluding hydrogens is 374 g/mol. The van der Waals surface area contributed by atoms with E-state index in [0.717, 1.165) is 43.0 Å². The van der Waals surface area contributed by atoms with E-state index in [1.807, 2.05) is 12.3 Å². The van der Waals surface area contributed by atoms with Crippen LogP contribution in [0.4, 0.5) is 5.82 Å². The Morgan fingerprint density at radius 3 is 2.96 bits per heavy atom. The number of aromatic nitrogens is 3. The van der Waals surface area contributed by atoms with Gasteiger partial charge in [0.05, 0.1) is 11.2 Å². The lowest BCUT2D eigenvalue weighted by molar-refractivity contribution is -0.117. The van der Waals surface area contributed by atoms with Crippen LogP contribution in [0.5, 0.6) is 0 Å². The summed E-state index contributed by atoms with van der Waals surface area (Å²) in [5, 5.41) is 11.6. The number of rotatable bonds is 4. The Morgan fingerprint density at radius 2 is 2.21 bits per heavy atom. The highest BCUT2D eigenvalue weighted by Crippen LogP contribution is 2.40. The molecule has 0 aromatic carbocycles. The average Bonchev–Trinajstić information content (AvgIpc) is 3.37. The molecule has 5 rings (SSSR count). The molecule has 7 heteroatoms. The van der Waals surface area contributed by atoms with E-state index in [0.29, 0.717) is 29.2 Å². The van der Waals surface area contributed by atoms with E-state index in [-0.39, 0.29) is 11.3 Å². The van der Waals surface area contributed by atoms with Crippen molar-refractivity contribution in [1.29, 1.82) is 0 Å². The molecular formula is C21H26ClN5O. The number of hydrogen-bond acceptors (Lipinski definition) is 4. The number of amides is 1. The molecule has 148 valence electrons. The number of anilines is 1. The van der Waals surface area contributed by atoms with E-state index in [9.17, 15) is 4.79 Å². The van der Waals surface area contributed by atoms with Crippen molar-refractivity contribution < 1.29 is 4.79 Å². The number of nitrogens with one attached hydrogen (secondary N) is 2. The summed E-state index contributed by atoms with van der Waals surface area (Å²) in [5.74, 6) is 1.77. The van der Waals surface area contributed by atoms with Gasteiger partial charge >= 0.3 is 0 Å². The molecule has 2 N–H and O–H groups in total. The number of piperidine rings is 1. The number of carbonyl (C=O) groups is 1. The molecule has 3 aliphatic rings. The van der Waals surface area contributed by atoms with Crippen molar-refractivity contribution in [2.24, 2.45) is 17.3 Å². The van der Waals surface area contributed by atoms with Crippen LogP contribution in [0.25, 0.3) is 11.1 Å². The Kier molecular flexibility index (Phi) is 4.25. The summed E-state index contributed by atoms with van der Waals surface area (Å²) in [6.45, 7) is 6.51. The van der Waals surface area contributed by atoms with Crippen molar-refractivity contribution in [2.75, 3.05) is 11.9 Å². The number of fused-ring (bicyclic) bond motifs is 3. The fourth-order valence-electron chi connectivity index (χ4n) is 5.22. The molecule has 0 spiro atoms. The van der Waals surface area contributed by atoms with E-state index < -0.39 is 0 Å². The molecule has 1 saturated carbocycles. The zero-order valence-corrected chi connectivity index (χ0v) is 17.1. The number of halogens is 1. The van der Waals surface area contributed by atoms with Crippen molar-refractivity contribution in [2.45, 2.75) is 52.1 Å². The highest BCUT2D eigenvalue weighted by atomic mass is 35.5. The smallest absolute Gasteiger partial charge is 0.225 e. The highest BCUT2D eigenvalue weighted by molar-refractivity contribution is 6.33. The molecule has 0 radical (unpaired) electrons. The molecule has 1 amide bonds. The molecule has 4 heterocycles. The Bertz CT molecular complexity index is 937. The second-order valence-corrected chi connectivity index (χ2v) is 9.82. The second-order valence-electron chi connectivity index (χ2n) is 9.42. The fraction of sp³-hybridized carbons (Fsp3) is 0.571. The normalized spacial score (nSPS) is 27.2. The molecule has 2 aromatic rings. The van der Waals surface area contributed by atoms with Crippen LogP contribution < -0.4 is 10.6 Å². The molecule has 2 fully saturated rings. The van der Waals surface area contributed by atoms with E-state index >= 15 is 0 Å². The van der Waals surface area contributed by atoms with Gasteiger partial charge in [0.2, 0.25) is 5.91 Å². The third kappa shape index (κ3) is 3.22. The lowest BCUT2D eigenvalue weighted by atomic mass is 9.89. The van der Waals surface area contributed by atoms with Gasteiger partial charge in [-0.3, -0.25) is 9.48 Å². The Balaban J connectivity index is 1.33. The third-order valence-corrected chi connectivity index (χ3v) is 6.80. The molecule has 2 aliphatic heterocycles. The van der Waals surface area contributed by atoms with Crippen molar-refractivity contribution >= 4 is 23.3 Å². The largest absolute Gasteiger partial charge is 0.313 e. The summed E-state index contributed by atoms with van der Waals surface area (Å²) in [4.78, 5) is 16.9. The van der Waals surface area contributed by atoms with E-state index in [1.54, 1.807) is 6.20 Å². The minimum Gasteiger partial charge on any atom is -0.313 e. The van der Waals surface area contributed by atoms with Gasteiger partial charge in [0, 0.05) is 42.0 Å². The van der Waals surface area contributed by atoms with Crippen molar-refractivity contribution in [3.05, 3.63) is 29.2 Å². The topological polar surface area (TPSA) is 71.8 Å². The molecule has 28 heavy (non-hydrogen) atoms. The molecule has 3 atom stereocenters. The minimum atomic E-state index is 0.0292. The molecule has 3 unspecified atom stereocenters. The second kappa shape index (κ2) is 6.56. The van der Waals surface area contributed by atoms with Gasteiger partial charge in [-0.05, 0) is 49.1 Å². The molecule has 2 bridgehead atoms. The summed E-state index contributed by atoms with van der Waals surface area (Å²) < 4.78 is 2.06. The van der Waals surface area contributed by atoms with Crippen LogP contribution in [0, 0.1) is 17.3 Å². The number of carbonyl (C=O) groups excluding carboxylic acids is 1. The first-order valence-corrected chi connectivity index (χ1v) is 10.5. The van der Waals surface area contributed by atoms with Gasteiger partial charge in [-0.25, -0.2) is 4.98 Å². The third-order valence-electron chi connectivity index (χ3n) is 6.49. The zero-order chi connectivity index (χ0) is 19.5. The van der Waals surface area contributed by atoms with Gasteiger partial charge in [0.25, 0.3) is 0 Å². The molecule has 6 nitrogen and oxygen atoms in total. The first kappa shape index (κ1) is 18.1. The molecule has 1 aliphatic carbocycles. The molecule has 2 aromatic heterocycles. The Hall–Kier alpha value is -1.92. The van der Waals surface area contributed by atoms with Crippen LogP contribution in [0.1, 0.15) is 38.8 Å². The van der Waals surface area contributed by atoms with Crippen molar-refractivity contribution in [3.8, 4) is 11.1 Å². The standard InChI is InChI=1S/C21H26ClN5O/c1-21(2)7-18-15(9-25-27(18)11-21)14-6-19(24-10-16(14)22)26-20(28)5-13-3-12-4-17(13)23-8-12/h6,9-10,12-13,17,23H,3-5,7-8,11H2,1-2H3,(H,24,26,28). The van der Waals surface area contributed by atoms with Gasteiger partial charge < -0.3 is 10.6 Å². The summed E-state index contributed by atoms with van der Waals surface area (Å²) in [6.07, 6.45) is 7.37. The fourth-order valence-corrected chi connectivity index (χ4v) is 5.42. The number of pyridine rings is 1. The number of nitrogens with zero attached hydrogens (tertiary/aromatic N) is 3. The minimum absolute atomic E-state index is 0.0292. The first-order chi connectivity index (χ1) is 13.4.